The van der Waals surface area contributed by atoms with Crippen molar-refractivity contribution in [2.24, 2.45) is 0 Å². The van der Waals surface area contributed by atoms with Crippen LogP contribution in [0.3, 0.4) is 0 Å². The van der Waals surface area contributed by atoms with Gasteiger partial charge < -0.3 is 15.1 Å². The average Bonchev–Trinajstić information content (AvgIpc) is 3.15. The Morgan fingerprint density at radius 3 is 2.61 bits per heavy atom. The molecule has 3 aromatic rings. The van der Waals surface area contributed by atoms with E-state index in [-0.39, 0.29) is 11.8 Å². The van der Waals surface area contributed by atoms with Crippen LogP contribution in [0.5, 0.6) is 5.75 Å². The Morgan fingerprint density at radius 2 is 1.94 bits per heavy atom. The highest BCUT2D eigenvalue weighted by Gasteiger charge is 2.38. The van der Waals surface area contributed by atoms with Gasteiger partial charge >= 0.3 is 6.09 Å². The van der Waals surface area contributed by atoms with Crippen molar-refractivity contribution in [1.82, 2.24) is 14.9 Å². The van der Waals surface area contributed by atoms with Crippen LogP contribution in [0.1, 0.15) is 27.2 Å². The van der Waals surface area contributed by atoms with Gasteiger partial charge in [0.15, 0.2) is 5.82 Å². The first-order valence-electron chi connectivity index (χ1n) is 10.2. The minimum atomic E-state index is -0.965. The highest BCUT2D eigenvalue weighted by Crippen LogP contribution is 2.34. The van der Waals surface area contributed by atoms with Crippen molar-refractivity contribution in [2.45, 2.75) is 38.8 Å². The lowest BCUT2D eigenvalue weighted by Gasteiger charge is -2.38. The van der Waals surface area contributed by atoms with Gasteiger partial charge in [0.05, 0.1) is 17.1 Å². The number of benzene rings is 2. The van der Waals surface area contributed by atoms with Gasteiger partial charge in [0.25, 0.3) is 0 Å². The standard InChI is InChI=1S/C23H25FN4O3/c1-23(2,3)28(22(30)31)15-10-11-27(13-15)21-17-12-14(24)8-9-18(17)25-20(26-21)16-6-4-5-7-19(16)29/h4-9,12,15,29H,10-11,13H2,1-3H3,(H,30,31). The first-order chi connectivity index (χ1) is 14.6. The fraction of sp³-hybridized carbons (Fsp3) is 0.348. The molecule has 1 atom stereocenters. The summed E-state index contributed by atoms with van der Waals surface area (Å²) in [5.74, 6) is 0.523. The van der Waals surface area contributed by atoms with E-state index in [0.717, 1.165) is 0 Å². The van der Waals surface area contributed by atoms with Gasteiger partial charge in [0.2, 0.25) is 0 Å². The van der Waals surface area contributed by atoms with Crippen LogP contribution < -0.4 is 4.90 Å². The zero-order valence-corrected chi connectivity index (χ0v) is 17.7. The van der Waals surface area contributed by atoms with Gasteiger partial charge in [0, 0.05) is 24.0 Å². The number of para-hydroxylation sites is 1. The van der Waals surface area contributed by atoms with E-state index in [1.54, 1.807) is 30.3 Å². The molecule has 0 bridgehead atoms. The number of rotatable bonds is 3. The maximum absolute atomic E-state index is 14.1. The second-order valence-corrected chi connectivity index (χ2v) is 8.76. The van der Waals surface area contributed by atoms with Crippen LogP contribution in [-0.4, -0.2) is 55.8 Å². The molecule has 1 unspecified atom stereocenters. The van der Waals surface area contributed by atoms with Crippen molar-refractivity contribution in [2.75, 3.05) is 18.0 Å². The zero-order chi connectivity index (χ0) is 22.3. The molecular formula is C23H25FN4O3. The molecule has 2 N–H and O–H groups in total. The van der Waals surface area contributed by atoms with Gasteiger partial charge in [-0.3, -0.25) is 4.90 Å². The van der Waals surface area contributed by atoms with Gasteiger partial charge in [-0.25, -0.2) is 19.2 Å². The summed E-state index contributed by atoms with van der Waals surface area (Å²) in [6, 6.07) is 10.9. The van der Waals surface area contributed by atoms with E-state index in [9.17, 15) is 19.4 Å². The summed E-state index contributed by atoms with van der Waals surface area (Å²) >= 11 is 0. The maximum Gasteiger partial charge on any atom is 0.408 e. The predicted octanol–water partition coefficient (Wildman–Crippen LogP) is 4.50. The van der Waals surface area contributed by atoms with E-state index >= 15 is 0 Å². The van der Waals surface area contributed by atoms with E-state index in [1.165, 1.54) is 17.0 Å². The SMILES string of the molecule is CC(C)(C)N(C(=O)O)C1CCN(c2nc(-c3ccccc3O)nc3ccc(F)cc23)C1. The number of hydrogen-bond donors (Lipinski definition) is 2. The molecule has 4 rings (SSSR count). The second kappa shape index (κ2) is 7.68. The lowest BCUT2D eigenvalue weighted by Crippen LogP contribution is -2.52. The summed E-state index contributed by atoms with van der Waals surface area (Å²) in [4.78, 5) is 24.6. The van der Waals surface area contributed by atoms with Crippen LogP contribution in [0.2, 0.25) is 0 Å². The summed E-state index contributed by atoms with van der Waals surface area (Å²) in [6.45, 7) is 6.63. The predicted molar refractivity (Wildman–Crippen MR) is 117 cm³/mol. The Morgan fingerprint density at radius 1 is 1.19 bits per heavy atom. The molecule has 0 saturated carbocycles. The van der Waals surface area contributed by atoms with Crippen molar-refractivity contribution >= 4 is 22.8 Å². The Kier molecular flexibility index (Phi) is 5.16. The average molecular weight is 424 g/mol. The number of hydrogen-bond acceptors (Lipinski definition) is 5. The van der Waals surface area contributed by atoms with Crippen molar-refractivity contribution in [3.63, 3.8) is 0 Å². The number of fused-ring (bicyclic) bond motifs is 1. The molecule has 162 valence electrons. The molecule has 1 aliphatic heterocycles. The third-order valence-electron chi connectivity index (χ3n) is 5.54. The summed E-state index contributed by atoms with van der Waals surface area (Å²) in [6.07, 6.45) is -0.330. The molecule has 1 aromatic heterocycles. The molecule has 1 fully saturated rings. The summed E-state index contributed by atoms with van der Waals surface area (Å²) in [5, 5.41) is 20.6. The van der Waals surface area contributed by atoms with E-state index in [1.807, 2.05) is 25.7 Å². The monoisotopic (exact) mass is 424 g/mol. The third kappa shape index (κ3) is 3.97. The number of halogens is 1. The number of aromatic hydroxyl groups is 1. The quantitative estimate of drug-likeness (QED) is 0.644. The fourth-order valence-corrected chi connectivity index (χ4v) is 4.24. The van der Waals surface area contributed by atoms with Crippen molar-refractivity contribution in [3.05, 3.63) is 48.3 Å². The minimum absolute atomic E-state index is 0.0546. The second-order valence-electron chi connectivity index (χ2n) is 8.76. The van der Waals surface area contributed by atoms with Crippen LogP contribution in [-0.2, 0) is 0 Å². The number of phenolic OH excluding ortho intramolecular Hbond substituents is 1. The molecule has 7 nitrogen and oxygen atoms in total. The Hall–Kier alpha value is -3.42. The number of anilines is 1. The Labute approximate surface area is 179 Å². The van der Waals surface area contributed by atoms with Gasteiger partial charge in [0.1, 0.15) is 17.4 Å². The van der Waals surface area contributed by atoms with Gasteiger partial charge in [-0.2, -0.15) is 0 Å². The molecule has 1 aliphatic rings. The molecule has 2 heterocycles. The normalized spacial score (nSPS) is 16.6. The smallest absolute Gasteiger partial charge is 0.408 e. The van der Waals surface area contributed by atoms with Crippen LogP contribution in [0, 0.1) is 5.82 Å². The highest BCUT2D eigenvalue weighted by molar-refractivity contribution is 5.91. The number of carbonyl (C=O) groups is 1. The number of amides is 1. The molecule has 1 amide bonds. The summed E-state index contributed by atoms with van der Waals surface area (Å²) < 4.78 is 14.1. The van der Waals surface area contributed by atoms with E-state index in [4.69, 9.17) is 0 Å². The first-order valence-corrected chi connectivity index (χ1v) is 10.2. The molecule has 1 saturated heterocycles. The fourth-order valence-electron chi connectivity index (χ4n) is 4.24. The van der Waals surface area contributed by atoms with Gasteiger partial charge in [-0.15, -0.1) is 0 Å². The number of aromatic nitrogens is 2. The molecule has 31 heavy (non-hydrogen) atoms. The van der Waals surface area contributed by atoms with Crippen LogP contribution in [0.15, 0.2) is 42.5 Å². The summed E-state index contributed by atoms with van der Waals surface area (Å²) in [7, 11) is 0. The lowest BCUT2D eigenvalue weighted by atomic mass is 10.0. The first kappa shape index (κ1) is 20.8. The van der Waals surface area contributed by atoms with Crippen LogP contribution in [0.25, 0.3) is 22.3 Å². The maximum atomic E-state index is 14.1. The molecule has 8 heteroatoms. The topological polar surface area (TPSA) is 89.8 Å². The number of nitrogens with zero attached hydrogens (tertiary/aromatic N) is 4. The molecular weight excluding hydrogens is 399 g/mol. The van der Waals surface area contributed by atoms with Crippen molar-refractivity contribution in [1.29, 1.82) is 0 Å². The highest BCUT2D eigenvalue weighted by atomic mass is 19.1. The van der Waals surface area contributed by atoms with E-state index in [2.05, 4.69) is 9.97 Å². The molecule has 0 spiro atoms. The Balaban J connectivity index is 1.79. The van der Waals surface area contributed by atoms with Crippen molar-refractivity contribution < 1.29 is 19.4 Å². The number of carboxylic acid groups (broad SMARTS) is 1. The van der Waals surface area contributed by atoms with Crippen LogP contribution in [0.4, 0.5) is 15.0 Å². The van der Waals surface area contributed by atoms with E-state index < -0.39 is 17.4 Å². The summed E-state index contributed by atoms with van der Waals surface area (Å²) in [5.41, 5.74) is 0.486. The lowest BCUT2D eigenvalue weighted by molar-refractivity contribution is 0.0763. The van der Waals surface area contributed by atoms with Crippen molar-refractivity contribution in [3.8, 4) is 17.1 Å². The number of phenols is 1. The molecule has 2 aromatic carbocycles. The van der Waals surface area contributed by atoms with E-state index in [0.29, 0.717) is 47.6 Å². The Bertz CT molecular complexity index is 1150. The largest absolute Gasteiger partial charge is 0.507 e. The third-order valence-corrected chi connectivity index (χ3v) is 5.54. The molecule has 0 aliphatic carbocycles. The molecule has 0 radical (unpaired) electrons. The van der Waals surface area contributed by atoms with Gasteiger partial charge in [-0.05, 0) is 57.5 Å². The van der Waals surface area contributed by atoms with Gasteiger partial charge in [-0.1, -0.05) is 12.1 Å². The van der Waals surface area contributed by atoms with Crippen LogP contribution >= 0.6 is 0 Å². The zero-order valence-electron chi connectivity index (χ0n) is 17.7. The minimum Gasteiger partial charge on any atom is -0.507 e.